The zero-order valence-electron chi connectivity index (χ0n) is 13.3. The number of aromatic nitrogens is 2. The van der Waals surface area contributed by atoms with Crippen LogP contribution in [0.15, 0.2) is 6.20 Å². The van der Waals surface area contributed by atoms with Gasteiger partial charge in [0.25, 0.3) is 0 Å². The fourth-order valence-corrected chi connectivity index (χ4v) is 3.59. The molecule has 2 saturated heterocycles. The van der Waals surface area contributed by atoms with Crippen LogP contribution in [-0.4, -0.2) is 74.0 Å². The number of amides is 1. The highest BCUT2D eigenvalue weighted by atomic mass is 35.5. The Morgan fingerprint density at radius 2 is 2.25 bits per heavy atom. The minimum absolute atomic E-state index is 0.0171. The number of fused-ring (bicyclic) bond motifs is 3. The molecule has 24 heavy (non-hydrogen) atoms. The van der Waals surface area contributed by atoms with E-state index < -0.39 is 0 Å². The largest absolute Gasteiger partial charge is 0.379 e. The van der Waals surface area contributed by atoms with E-state index in [4.69, 9.17) is 21.1 Å². The summed E-state index contributed by atoms with van der Waals surface area (Å²) in [4.78, 5) is 25.1. The number of nitrogens with one attached hydrogen (secondary N) is 1. The van der Waals surface area contributed by atoms with Gasteiger partial charge < -0.3 is 24.6 Å². The number of nitrogens with zero attached hydrogens (tertiary/aromatic N) is 4. The van der Waals surface area contributed by atoms with Crippen molar-refractivity contribution in [2.45, 2.75) is 18.5 Å². The van der Waals surface area contributed by atoms with Crippen LogP contribution in [-0.2, 0) is 14.3 Å². The predicted molar refractivity (Wildman–Crippen MR) is 88.6 cm³/mol. The fourth-order valence-electron chi connectivity index (χ4n) is 3.46. The lowest BCUT2D eigenvalue weighted by Crippen LogP contribution is -2.57. The van der Waals surface area contributed by atoms with Crippen LogP contribution in [0, 0.1) is 0 Å². The molecule has 4 heterocycles. The maximum Gasteiger partial charge on any atom is 0.239 e. The summed E-state index contributed by atoms with van der Waals surface area (Å²) in [6.45, 7) is 4.31. The normalized spacial score (nSPS) is 26.0. The number of anilines is 2. The number of ether oxygens (including phenoxy) is 2. The van der Waals surface area contributed by atoms with E-state index in [9.17, 15) is 4.79 Å². The van der Waals surface area contributed by atoms with Crippen LogP contribution in [0.1, 0.15) is 6.42 Å². The van der Waals surface area contributed by atoms with E-state index in [1.165, 1.54) is 0 Å². The molecule has 1 aromatic heterocycles. The summed E-state index contributed by atoms with van der Waals surface area (Å²) in [5.74, 6) is 0.767. The Morgan fingerprint density at radius 1 is 1.38 bits per heavy atom. The maximum absolute atomic E-state index is 12.4. The van der Waals surface area contributed by atoms with Crippen molar-refractivity contribution in [1.82, 2.24) is 15.3 Å². The van der Waals surface area contributed by atoms with Crippen LogP contribution in [0.25, 0.3) is 0 Å². The SMILES string of the molecule is O=C(CN1C[C@@H]2COCCN2c2nc(Cl)ncc21)NC1CCOC1. The second-order valence-corrected chi connectivity index (χ2v) is 6.62. The van der Waals surface area contributed by atoms with Gasteiger partial charge in [-0.1, -0.05) is 0 Å². The average molecular weight is 354 g/mol. The topological polar surface area (TPSA) is 79.8 Å². The summed E-state index contributed by atoms with van der Waals surface area (Å²) < 4.78 is 10.9. The van der Waals surface area contributed by atoms with Gasteiger partial charge in [0.1, 0.15) is 0 Å². The molecule has 0 bridgehead atoms. The second-order valence-electron chi connectivity index (χ2n) is 6.28. The number of rotatable bonds is 3. The number of hydrogen-bond acceptors (Lipinski definition) is 7. The predicted octanol–water partition coefficient (Wildman–Crippen LogP) is 0.0603. The van der Waals surface area contributed by atoms with Crippen molar-refractivity contribution in [3.05, 3.63) is 11.5 Å². The third-order valence-corrected chi connectivity index (χ3v) is 4.80. The molecule has 3 aliphatic heterocycles. The standard InChI is InChI=1S/C15H20ClN5O3/c16-15-17-5-12-14(19-15)21-2-4-24-9-11(21)6-20(12)7-13(22)18-10-1-3-23-8-10/h5,10-11H,1-4,6-9H2,(H,18,22)/t10?,11-/m1/s1. The molecule has 1 amide bonds. The van der Waals surface area contributed by atoms with Crippen molar-refractivity contribution >= 4 is 29.0 Å². The average Bonchev–Trinajstić information content (AvgIpc) is 3.07. The molecule has 8 nitrogen and oxygen atoms in total. The molecule has 0 aliphatic carbocycles. The molecular formula is C15H20ClN5O3. The molecular weight excluding hydrogens is 334 g/mol. The van der Waals surface area contributed by atoms with Crippen molar-refractivity contribution in [3.63, 3.8) is 0 Å². The van der Waals surface area contributed by atoms with Gasteiger partial charge in [-0.25, -0.2) is 4.98 Å². The van der Waals surface area contributed by atoms with Gasteiger partial charge >= 0.3 is 0 Å². The van der Waals surface area contributed by atoms with E-state index in [0.717, 1.165) is 24.5 Å². The Labute approximate surface area is 145 Å². The molecule has 2 fully saturated rings. The Morgan fingerprint density at radius 3 is 3.08 bits per heavy atom. The van der Waals surface area contributed by atoms with Gasteiger partial charge in [-0.3, -0.25) is 4.79 Å². The monoisotopic (exact) mass is 353 g/mol. The molecule has 0 spiro atoms. The van der Waals surface area contributed by atoms with E-state index in [2.05, 4.69) is 20.2 Å². The first-order valence-electron chi connectivity index (χ1n) is 8.19. The van der Waals surface area contributed by atoms with Gasteiger partial charge in [-0.05, 0) is 18.0 Å². The lowest BCUT2D eigenvalue weighted by atomic mass is 10.1. The zero-order chi connectivity index (χ0) is 16.5. The molecule has 1 N–H and O–H groups in total. The van der Waals surface area contributed by atoms with Crippen LogP contribution in [0.4, 0.5) is 11.5 Å². The summed E-state index contributed by atoms with van der Waals surface area (Å²) in [6, 6.07) is 0.276. The number of halogens is 1. The van der Waals surface area contributed by atoms with Gasteiger partial charge in [0.05, 0.1) is 50.3 Å². The van der Waals surface area contributed by atoms with Crippen molar-refractivity contribution in [2.75, 3.05) is 55.9 Å². The number of morpholine rings is 1. The van der Waals surface area contributed by atoms with Crippen molar-refractivity contribution < 1.29 is 14.3 Å². The summed E-state index contributed by atoms with van der Waals surface area (Å²) in [5, 5.41) is 3.24. The summed E-state index contributed by atoms with van der Waals surface area (Å²) in [6.07, 6.45) is 2.56. The second kappa shape index (κ2) is 6.70. The van der Waals surface area contributed by atoms with Crippen molar-refractivity contribution in [3.8, 4) is 0 Å². The van der Waals surface area contributed by atoms with E-state index >= 15 is 0 Å². The molecule has 3 aliphatic rings. The first kappa shape index (κ1) is 15.9. The highest BCUT2D eigenvalue weighted by Gasteiger charge is 2.35. The van der Waals surface area contributed by atoms with E-state index in [1.54, 1.807) is 6.20 Å². The first-order chi connectivity index (χ1) is 11.7. The summed E-state index contributed by atoms with van der Waals surface area (Å²) >= 11 is 5.98. The molecule has 1 unspecified atom stereocenters. The smallest absolute Gasteiger partial charge is 0.239 e. The minimum atomic E-state index is -0.0171. The number of carbonyl (C=O) groups excluding carboxylic acids is 1. The molecule has 1 aromatic rings. The first-order valence-corrected chi connectivity index (χ1v) is 8.57. The van der Waals surface area contributed by atoms with E-state index in [1.807, 2.05) is 4.90 Å². The van der Waals surface area contributed by atoms with Gasteiger partial charge in [0, 0.05) is 19.7 Å². The highest BCUT2D eigenvalue weighted by Crippen LogP contribution is 2.34. The maximum atomic E-state index is 12.4. The third kappa shape index (κ3) is 3.13. The van der Waals surface area contributed by atoms with Gasteiger partial charge in [0.2, 0.25) is 11.2 Å². The minimum Gasteiger partial charge on any atom is -0.379 e. The summed E-state index contributed by atoms with van der Waals surface area (Å²) in [7, 11) is 0. The van der Waals surface area contributed by atoms with Crippen LogP contribution in [0.2, 0.25) is 5.28 Å². The molecule has 9 heteroatoms. The quantitative estimate of drug-likeness (QED) is 0.770. The molecule has 0 radical (unpaired) electrons. The molecule has 0 saturated carbocycles. The number of carbonyl (C=O) groups is 1. The number of hydrogen-bond donors (Lipinski definition) is 1. The lowest BCUT2D eigenvalue weighted by molar-refractivity contribution is -0.120. The van der Waals surface area contributed by atoms with Crippen LogP contribution >= 0.6 is 11.6 Å². The third-order valence-electron chi connectivity index (χ3n) is 4.62. The van der Waals surface area contributed by atoms with Gasteiger partial charge in [-0.15, -0.1) is 0 Å². The van der Waals surface area contributed by atoms with Crippen LogP contribution < -0.4 is 15.1 Å². The Hall–Kier alpha value is -1.64. The molecule has 2 atom stereocenters. The zero-order valence-corrected chi connectivity index (χ0v) is 14.0. The molecule has 0 aromatic carbocycles. The van der Waals surface area contributed by atoms with E-state index in [-0.39, 0.29) is 29.8 Å². The Bertz CT molecular complexity index is 625. The van der Waals surface area contributed by atoms with Crippen molar-refractivity contribution in [2.24, 2.45) is 0 Å². The van der Waals surface area contributed by atoms with E-state index in [0.29, 0.717) is 33.0 Å². The summed E-state index contributed by atoms with van der Waals surface area (Å²) in [5.41, 5.74) is 0.843. The lowest BCUT2D eigenvalue weighted by Gasteiger charge is -2.45. The Balaban J connectivity index is 1.53. The highest BCUT2D eigenvalue weighted by molar-refractivity contribution is 6.28. The fraction of sp³-hybridized carbons (Fsp3) is 0.667. The molecule has 4 rings (SSSR count). The Kier molecular flexibility index (Phi) is 4.43. The van der Waals surface area contributed by atoms with Crippen molar-refractivity contribution in [1.29, 1.82) is 0 Å². The van der Waals surface area contributed by atoms with Crippen LogP contribution in [0.5, 0.6) is 0 Å². The molecule has 130 valence electrons. The van der Waals surface area contributed by atoms with Gasteiger partial charge in [-0.2, -0.15) is 4.98 Å². The van der Waals surface area contributed by atoms with Gasteiger partial charge in [0.15, 0.2) is 5.82 Å². The van der Waals surface area contributed by atoms with Crippen LogP contribution in [0.3, 0.4) is 0 Å².